The Morgan fingerprint density at radius 2 is 1.45 bits per heavy atom. The van der Waals surface area contributed by atoms with E-state index in [-0.39, 0.29) is 23.7 Å². The molecule has 0 bridgehead atoms. The summed E-state index contributed by atoms with van der Waals surface area (Å²) in [6.07, 6.45) is 0.596. The molecule has 1 aliphatic rings. The first-order valence-electron chi connectivity index (χ1n) is 7.06. The van der Waals surface area contributed by atoms with Crippen LogP contribution in [-0.2, 0) is 9.59 Å². The maximum atomic E-state index is 12.1. The second-order valence-electron chi connectivity index (χ2n) is 5.30. The van der Waals surface area contributed by atoms with E-state index in [9.17, 15) is 9.59 Å². The van der Waals surface area contributed by atoms with Gasteiger partial charge in [0, 0.05) is 15.8 Å². The molecule has 1 fully saturated rings. The van der Waals surface area contributed by atoms with Crippen LogP contribution in [0.2, 0.25) is 0 Å². The maximum absolute atomic E-state index is 12.1. The summed E-state index contributed by atoms with van der Waals surface area (Å²) in [6.45, 7) is 0. The van der Waals surface area contributed by atoms with E-state index in [2.05, 4.69) is 26.6 Å². The SMILES string of the molecule is O=C(Nc1ccccc1)C1CC1C(=O)Nc1cccc(Br)c1. The lowest BCUT2D eigenvalue weighted by atomic mass is 10.2. The van der Waals surface area contributed by atoms with Gasteiger partial charge in [0.25, 0.3) is 0 Å². The number of nitrogens with one attached hydrogen (secondary N) is 2. The molecule has 2 atom stereocenters. The highest BCUT2D eigenvalue weighted by Gasteiger charge is 2.48. The number of amides is 2. The van der Waals surface area contributed by atoms with Crippen molar-refractivity contribution < 1.29 is 9.59 Å². The molecule has 0 radical (unpaired) electrons. The maximum Gasteiger partial charge on any atom is 0.228 e. The zero-order valence-electron chi connectivity index (χ0n) is 11.8. The number of carbonyl (C=O) groups excluding carboxylic acids is 2. The van der Waals surface area contributed by atoms with Crippen molar-refractivity contribution in [3.63, 3.8) is 0 Å². The second kappa shape index (κ2) is 6.32. The molecule has 112 valence electrons. The normalized spacial score (nSPS) is 19.3. The summed E-state index contributed by atoms with van der Waals surface area (Å²) < 4.78 is 0.902. The van der Waals surface area contributed by atoms with Crippen LogP contribution in [0.25, 0.3) is 0 Å². The molecule has 2 amide bonds. The molecule has 0 saturated heterocycles. The van der Waals surface area contributed by atoms with Gasteiger partial charge in [0.1, 0.15) is 0 Å². The summed E-state index contributed by atoms with van der Waals surface area (Å²) in [7, 11) is 0. The minimum Gasteiger partial charge on any atom is -0.326 e. The van der Waals surface area contributed by atoms with Crippen molar-refractivity contribution in [1.29, 1.82) is 0 Å². The van der Waals surface area contributed by atoms with Crippen molar-refractivity contribution in [2.75, 3.05) is 10.6 Å². The summed E-state index contributed by atoms with van der Waals surface area (Å²) in [5.74, 6) is -0.693. The highest BCUT2D eigenvalue weighted by Crippen LogP contribution is 2.40. The monoisotopic (exact) mass is 358 g/mol. The number of carbonyl (C=O) groups is 2. The van der Waals surface area contributed by atoms with Crippen LogP contribution >= 0.6 is 15.9 Å². The van der Waals surface area contributed by atoms with Crippen molar-refractivity contribution >= 4 is 39.1 Å². The fourth-order valence-corrected chi connectivity index (χ4v) is 2.73. The summed E-state index contributed by atoms with van der Waals surface area (Å²) in [5, 5.41) is 5.68. The zero-order valence-corrected chi connectivity index (χ0v) is 13.3. The lowest BCUT2D eigenvalue weighted by Gasteiger charge is -2.06. The van der Waals surface area contributed by atoms with E-state index in [1.807, 2.05) is 54.6 Å². The standard InChI is InChI=1S/C17H15BrN2O2/c18-11-5-4-8-13(9-11)20-17(22)15-10-14(15)16(21)19-12-6-2-1-3-7-12/h1-9,14-15H,10H2,(H,19,21)(H,20,22). The first-order chi connectivity index (χ1) is 10.6. The van der Waals surface area contributed by atoms with Crippen molar-refractivity contribution in [3.05, 3.63) is 59.1 Å². The summed E-state index contributed by atoms with van der Waals surface area (Å²) in [5.41, 5.74) is 1.49. The van der Waals surface area contributed by atoms with Crippen molar-refractivity contribution in [1.82, 2.24) is 0 Å². The molecule has 22 heavy (non-hydrogen) atoms. The van der Waals surface area contributed by atoms with E-state index in [1.54, 1.807) is 0 Å². The Kier molecular flexibility index (Phi) is 4.24. The summed E-state index contributed by atoms with van der Waals surface area (Å²) >= 11 is 3.36. The Balaban J connectivity index is 1.55. The number of halogens is 1. The highest BCUT2D eigenvalue weighted by atomic mass is 79.9. The molecule has 0 aromatic heterocycles. The molecular weight excluding hydrogens is 344 g/mol. The Hall–Kier alpha value is -2.14. The topological polar surface area (TPSA) is 58.2 Å². The van der Waals surface area contributed by atoms with Gasteiger partial charge in [-0.3, -0.25) is 9.59 Å². The van der Waals surface area contributed by atoms with E-state index in [4.69, 9.17) is 0 Å². The van der Waals surface area contributed by atoms with Gasteiger partial charge >= 0.3 is 0 Å². The van der Waals surface area contributed by atoms with Gasteiger partial charge in [-0.15, -0.1) is 0 Å². The fourth-order valence-electron chi connectivity index (χ4n) is 2.33. The molecule has 2 aromatic carbocycles. The number of anilines is 2. The lowest BCUT2D eigenvalue weighted by molar-refractivity contribution is -0.122. The van der Waals surface area contributed by atoms with Gasteiger partial charge in [-0.1, -0.05) is 40.2 Å². The predicted molar refractivity (Wildman–Crippen MR) is 89.4 cm³/mol. The van der Waals surface area contributed by atoms with Crippen LogP contribution in [0, 0.1) is 11.8 Å². The van der Waals surface area contributed by atoms with Gasteiger partial charge in [0.15, 0.2) is 0 Å². The third kappa shape index (κ3) is 3.54. The Morgan fingerprint density at radius 3 is 2.09 bits per heavy atom. The molecule has 5 heteroatoms. The predicted octanol–water partition coefficient (Wildman–Crippen LogP) is 3.66. The van der Waals surface area contributed by atoms with Gasteiger partial charge in [0.05, 0.1) is 11.8 Å². The molecule has 0 spiro atoms. The quantitative estimate of drug-likeness (QED) is 0.875. The van der Waals surface area contributed by atoms with Crippen molar-refractivity contribution in [3.8, 4) is 0 Å². The first kappa shape index (κ1) is 14.8. The van der Waals surface area contributed by atoms with Gasteiger partial charge in [-0.05, 0) is 36.8 Å². The molecule has 2 unspecified atom stereocenters. The molecule has 3 rings (SSSR count). The number of rotatable bonds is 4. The third-order valence-electron chi connectivity index (χ3n) is 3.60. The van der Waals surface area contributed by atoms with Gasteiger partial charge in [0.2, 0.25) is 11.8 Å². The van der Waals surface area contributed by atoms with Gasteiger partial charge in [-0.2, -0.15) is 0 Å². The molecule has 2 N–H and O–H groups in total. The molecule has 1 aliphatic carbocycles. The second-order valence-corrected chi connectivity index (χ2v) is 6.22. The minimum absolute atomic E-state index is 0.0967. The summed E-state index contributed by atoms with van der Waals surface area (Å²) in [4.78, 5) is 24.2. The molecule has 0 heterocycles. The summed E-state index contributed by atoms with van der Waals surface area (Å²) in [6, 6.07) is 16.7. The first-order valence-corrected chi connectivity index (χ1v) is 7.85. The average Bonchev–Trinajstić information content (AvgIpc) is 3.29. The largest absolute Gasteiger partial charge is 0.326 e. The van der Waals surface area contributed by atoms with Crippen LogP contribution in [0.3, 0.4) is 0 Å². The third-order valence-corrected chi connectivity index (χ3v) is 4.09. The Bertz CT molecular complexity index is 703. The molecule has 0 aliphatic heterocycles. The lowest BCUT2D eigenvalue weighted by Crippen LogP contribution is -2.20. The molecule has 1 saturated carbocycles. The molecular formula is C17H15BrN2O2. The average molecular weight is 359 g/mol. The number of hydrogen-bond acceptors (Lipinski definition) is 2. The van der Waals surface area contributed by atoms with Crippen LogP contribution < -0.4 is 10.6 Å². The van der Waals surface area contributed by atoms with Crippen LogP contribution in [0.4, 0.5) is 11.4 Å². The van der Waals surface area contributed by atoms with Crippen LogP contribution in [0.15, 0.2) is 59.1 Å². The van der Waals surface area contributed by atoms with Crippen LogP contribution in [-0.4, -0.2) is 11.8 Å². The van der Waals surface area contributed by atoms with Crippen LogP contribution in [0.1, 0.15) is 6.42 Å². The van der Waals surface area contributed by atoms with E-state index >= 15 is 0 Å². The van der Waals surface area contributed by atoms with Crippen molar-refractivity contribution in [2.45, 2.75) is 6.42 Å². The van der Waals surface area contributed by atoms with Crippen molar-refractivity contribution in [2.24, 2.45) is 11.8 Å². The van der Waals surface area contributed by atoms with Crippen LogP contribution in [0.5, 0.6) is 0 Å². The minimum atomic E-state index is -0.248. The number of para-hydroxylation sites is 1. The number of benzene rings is 2. The fraction of sp³-hybridized carbons (Fsp3) is 0.176. The Labute approximate surface area is 137 Å². The molecule has 4 nitrogen and oxygen atoms in total. The van der Waals surface area contributed by atoms with Gasteiger partial charge in [-0.25, -0.2) is 0 Å². The van der Waals surface area contributed by atoms with E-state index in [1.165, 1.54) is 0 Å². The van der Waals surface area contributed by atoms with E-state index < -0.39 is 0 Å². The molecule has 2 aromatic rings. The zero-order chi connectivity index (χ0) is 15.5. The Morgan fingerprint density at radius 1 is 0.864 bits per heavy atom. The van der Waals surface area contributed by atoms with Gasteiger partial charge < -0.3 is 10.6 Å². The van der Waals surface area contributed by atoms with E-state index in [0.717, 1.165) is 15.8 Å². The number of hydrogen-bond donors (Lipinski definition) is 2. The smallest absolute Gasteiger partial charge is 0.228 e. The highest BCUT2D eigenvalue weighted by molar-refractivity contribution is 9.10. The van der Waals surface area contributed by atoms with E-state index in [0.29, 0.717) is 6.42 Å².